The number of allylic oxidation sites excluding steroid dienone is 1. The largest absolute Gasteiger partial charge is 0.461 e. The summed E-state index contributed by atoms with van der Waals surface area (Å²) in [5.41, 5.74) is 3.74. The minimum atomic E-state index is -1.40. The van der Waals surface area contributed by atoms with E-state index in [9.17, 15) is 14.0 Å². The zero-order valence-corrected chi connectivity index (χ0v) is 21.4. The fourth-order valence-electron chi connectivity index (χ4n) is 5.38. The molecule has 5 nitrogen and oxygen atoms in total. The number of benzene rings is 2. The van der Waals surface area contributed by atoms with Crippen LogP contribution in [-0.2, 0) is 10.2 Å². The first-order valence-electron chi connectivity index (χ1n) is 12.2. The Morgan fingerprint density at radius 2 is 1.91 bits per heavy atom. The first-order chi connectivity index (χ1) is 16.4. The summed E-state index contributed by atoms with van der Waals surface area (Å²) in [7, 11) is 0. The van der Waals surface area contributed by atoms with E-state index < -0.39 is 11.8 Å². The normalized spacial score (nSPS) is 22.1. The molecule has 1 amide bonds. The number of likely N-dealkylation sites (tertiary alicyclic amines) is 1. The van der Waals surface area contributed by atoms with Crippen LogP contribution in [0.1, 0.15) is 69.8 Å². The van der Waals surface area contributed by atoms with Crippen molar-refractivity contribution in [2.45, 2.75) is 65.7 Å². The molecule has 2 aromatic carbocycles. The zero-order chi connectivity index (χ0) is 25.5. The van der Waals surface area contributed by atoms with Gasteiger partial charge in [-0.1, -0.05) is 33.4 Å². The lowest BCUT2D eigenvalue weighted by Crippen LogP contribution is -2.44. The van der Waals surface area contributed by atoms with Crippen molar-refractivity contribution >= 4 is 23.1 Å². The van der Waals surface area contributed by atoms with E-state index >= 15 is 0 Å². The molecule has 0 aromatic heterocycles. The van der Waals surface area contributed by atoms with Gasteiger partial charge in [-0.15, -0.1) is 0 Å². The average Bonchev–Trinajstić information content (AvgIpc) is 2.98. The number of hydrogen-bond donors (Lipinski definition) is 0. The van der Waals surface area contributed by atoms with E-state index in [2.05, 4.69) is 27.4 Å². The van der Waals surface area contributed by atoms with Crippen molar-refractivity contribution in [1.29, 1.82) is 0 Å². The van der Waals surface area contributed by atoms with Gasteiger partial charge in [-0.3, -0.25) is 9.59 Å². The van der Waals surface area contributed by atoms with Gasteiger partial charge in [0.15, 0.2) is 5.78 Å². The van der Waals surface area contributed by atoms with E-state index in [4.69, 9.17) is 4.74 Å². The van der Waals surface area contributed by atoms with Crippen molar-refractivity contribution in [2.24, 2.45) is 5.41 Å². The molecule has 0 spiro atoms. The summed E-state index contributed by atoms with van der Waals surface area (Å²) in [4.78, 5) is 29.2. The van der Waals surface area contributed by atoms with Crippen molar-refractivity contribution in [1.82, 2.24) is 4.90 Å². The fourth-order valence-corrected chi connectivity index (χ4v) is 5.38. The Kier molecular flexibility index (Phi) is 6.52. The molecule has 0 bridgehead atoms. The smallest absolute Gasteiger partial charge is 0.235 e. The van der Waals surface area contributed by atoms with Crippen LogP contribution in [0.5, 0.6) is 5.75 Å². The summed E-state index contributed by atoms with van der Waals surface area (Å²) < 4.78 is 18.7. The molecule has 2 heterocycles. The number of halogens is 1. The number of amides is 1. The third kappa shape index (κ3) is 4.84. The summed E-state index contributed by atoms with van der Waals surface area (Å²) >= 11 is 0. The summed E-state index contributed by atoms with van der Waals surface area (Å²) in [5.74, 6) is 0.605. The van der Waals surface area contributed by atoms with E-state index in [1.165, 1.54) is 6.92 Å². The maximum atomic E-state index is 13.4. The van der Waals surface area contributed by atoms with Crippen LogP contribution in [0.15, 0.2) is 54.7 Å². The highest BCUT2D eigenvalue weighted by molar-refractivity contribution is 5.98. The van der Waals surface area contributed by atoms with Crippen molar-refractivity contribution < 1.29 is 18.7 Å². The van der Waals surface area contributed by atoms with E-state index in [-0.39, 0.29) is 17.1 Å². The monoisotopic (exact) mass is 478 g/mol. The van der Waals surface area contributed by atoms with Gasteiger partial charge in [-0.25, -0.2) is 4.39 Å². The predicted molar refractivity (Wildman–Crippen MR) is 137 cm³/mol. The van der Waals surface area contributed by atoms with Gasteiger partial charge < -0.3 is 14.5 Å². The summed E-state index contributed by atoms with van der Waals surface area (Å²) in [6, 6.07) is 13.1. The molecule has 1 fully saturated rings. The Morgan fingerprint density at radius 3 is 2.60 bits per heavy atom. The number of carbonyl (C=O) groups excluding carboxylic acids is 2. The first-order valence-corrected chi connectivity index (χ1v) is 12.2. The van der Waals surface area contributed by atoms with Crippen LogP contribution in [0.4, 0.5) is 15.8 Å². The standard InChI is InChI=1S/C29H35FN2O3/c1-19-28(4,5)25-15-22(27(34)17-29(6)13-8-14-31(18-29)21(3)33)11-12-26(25)32(19)23-9-7-10-24(16-23)35-20(2)30/h7,9-12,15-16,20H,1,8,13-14,17-18H2,2-6H3/t20?,29-/m0/s1. The second-order valence-corrected chi connectivity index (χ2v) is 10.8. The van der Waals surface area contributed by atoms with Gasteiger partial charge in [0.25, 0.3) is 0 Å². The van der Waals surface area contributed by atoms with E-state index in [1.807, 2.05) is 40.1 Å². The Labute approximate surface area is 207 Å². The Hall–Kier alpha value is -3.15. The number of rotatable bonds is 6. The number of anilines is 2. The number of nitrogens with zero attached hydrogens (tertiary/aromatic N) is 2. The molecule has 0 N–H and O–H groups in total. The molecule has 6 heteroatoms. The molecule has 0 radical (unpaired) electrons. The molecule has 1 unspecified atom stereocenters. The lowest BCUT2D eigenvalue weighted by molar-refractivity contribution is -0.132. The number of carbonyl (C=O) groups is 2. The van der Waals surface area contributed by atoms with Gasteiger partial charge in [0, 0.05) is 67.5 Å². The van der Waals surface area contributed by atoms with E-state index in [0.29, 0.717) is 24.3 Å². The van der Waals surface area contributed by atoms with Gasteiger partial charge in [0.2, 0.25) is 12.3 Å². The Morgan fingerprint density at radius 1 is 1.17 bits per heavy atom. The Balaban J connectivity index is 1.63. The molecule has 2 aliphatic rings. The van der Waals surface area contributed by atoms with E-state index in [1.54, 1.807) is 19.1 Å². The van der Waals surface area contributed by atoms with Gasteiger partial charge in [-0.2, -0.15) is 0 Å². The van der Waals surface area contributed by atoms with Crippen molar-refractivity contribution in [3.8, 4) is 5.75 Å². The molecule has 2 aliphatic heterocycles. The summed E-state index contributed by atoms with van der Waals surface area (Å²) in [6.07, 6.45) is 0.845. The third-order valence-corrected chi connectivity index (χ3v) is 7.41. The number of ether oxygens (including phenoxy) is 1. The number of alkyl halides is 1. The van der Waals surface area contributed by atoms with Crippen LogP contribution < -0.4 is 9.64 Å². The van der Waals surface area contributed by atoms with Crippen LogP contribution in [0.3, 0.4) is 0 Å². The highest BCUT2D eigenvalue weighted by Gasteiger charge is 2.41. The molecule has 0 aliphatic carbocycles. The van der Waals surface area contributed by atoms with Crippen LogP contribution in [-0.4, -0.2) is 36.0 Å². The number of ketones is 1. The molecule has 4 rings (SSSR count). The molecule has 2 atom stereocenters. The minimum Gasteiger partial charge on any atom is -0.461 e. The van der Waals surface area contributed by atoms with Crippen LogP contribution in [0.25, 0.3) is 0 Å². The summed E-state index contributed by atoms with van der Waals surface area (Å²) in [6.45, 7) is 15.0. The SMILES string of the molecule is C=C1N(c2cccc(OC(C)F)c2)c2ccc(C(=O)C[C@]3(C)CCCN(C(C)=O)C3)cc2C1(C)C. The van der Waals surface area contributed by atoms with Crippen molar-refractivity contribution in [3.63, 3.8) is 0 Å². The van der Waals surface area contributed by atoms with Gasteiger partial charge in [0.1, 0.15) is 5.75 Å². The maximum Gasteiger partial charge on any atom is 0.235 e. The van der Waals surface area contributed by atoms with Gasteiger partial charge >= 0.3 is 0 Å². The van der Waals surface area contributed by atoms with Crippen molar-refractivity contribution in [3.05, 3.63) is 65.9 Å². The van der Waals surface area contributed by atoms with Crippen molar-refractivity contribution in [2.75, 3.05) is 18.0 Å². The maximum absolute atomic E-state index is 13.4. The molecular weight excluding hydrogens is 443 g/mol. The van der Waals surface area contributed by atoms with Gasteiger partial charge in [-0.05, 0) is 54.2 Å². The lowest BCUT2D eigenvalue weighted by Gasteiger charge is -2.40. The Bertz CT molecular complexity index is 1170. The third-order valence-electron chi connectivity index (χ3n) is 7.41. The number of piperidine rings is 1. The van der Waals surface area contributed by atoms with Crippen LogP contribution >= 0.6 is 0 Å². The second-order valence-electron chi connectivity index (χ2n) is 10.8. The average molecular weight is 479 g/mol. The molecular formula is C29H35FN2O3. The van der Waals surface area contributed by atoms with E-state index in [0.717, 1.165) is 42.0 Å². The number of fused-ring (bicyclic) bond motifs is 1. The molecule has 2 aromatic rings. The molecule has 0 saturated carbocycles. The highest BCUT2D eigenvalue weighted by atomic mass is 19.1. The lowest BCUT2D eigenvalue weighted by atomic mass is 9.76. The molecule has 35 heavy (non-hydrogen) atoms. The van der Waals surface area contributed by atoms with Crippen LogP contribution in [0, 0.1) is 5.41 Å². The minimum absolute atomic E-state index is 0.0664. The highest BCUT2D eigenvalue weighted by Crippen LogP contribution is 2.51. The second kappa shape index (κ2) is 9.14. The number of Topliss-reactive ketones (excluding diaryl/α,β-unsaturated/α-hetero) is 1. The van der Waals surface area contributed by atoms with Crippen LogP contribution in [0.2, 0.25) is 0 Å². The fraction of sp³-hybridized carbons (Fsp3) is 0.448. The van der Waals surface area contributed by atoms with Gasteiger partial charge in [0.05, 0.1) is 0 Å². The zero-order valence-electron chi connectivity index (χ0n) is 21.4. The topological polar surface area (TPSA) is 49.9 Å². The molecule has 186 valence electrons. The quantitative estimate of drug-likeness (QED) is 0.442. The summed E-state index contributed by atoms with van der Waals surface area (Å²) in [5, 5.41) is 0. The predicted octanol–water partition coefficient (Wildman–Crippen LogP) is 6.55. The first kappa shape index (κ1) is 25.0. The number of hydrogen-bond acceptors (Lipinski definition) is 4. The molecule has 1 saturated heterocycles.